The molecule has 63 valence electrons. The van der Waals surface area contributed by atoms with Crippen LogP contribution in [-0.4, -0.2) is 5.96 Å². The maximum absolute atomic E-state index is 6.87. The number of hydrogen-bond acceptors (Lipinski definition) is 2. The second-order valence-corrected chi connectivity index (χ2v) is 2.44. The van der Waals surface area contributed by atoms with E-state index in [0.29, 0.717) is 6.54 Å². The lowest BCUT2D eigenvalue weighted by Gasteiger charge is -2.00. The van der Waals surface area contributed by atoms with Gasteiger partial charge in [0.25, 0.3) is 0 Å². The van der Waals surface area contributed by atoms with Gasteiger partial charge in [-0.3, -0.25) is 5.41 Å². The van der Waals surface area contributed by atoms with Crippen molar-refractivity contribution in [2.24, 2.45) is 5.73 Å². The second kappa shape index (κ2) is 3.61. The van der Waals surface area contributed by atoms with Gasteiger partial charge in [-0.25, -0.2) is 5.32 Å². The smallest absolute Gasteiger partial charge is 0.208 e. The van der Waals surface area contributed by atoms with Crippen LogP contribution in [0.3, 0.4) is 0 Å². The van der Waals surface area contributed by atoms with Gasteiger partial charge in [-0.2, -0.15) is 0 Å². The van der Waals surface area contributed by atoms with Gasteiger partial charge in [0.15, 0.2) is 0 Å². The lowest BCUT2D eigenvalue weighted by Crippen LogP contribution is -2.22. The van der Waals surface area contributed by atoms with Crippen LogP contribution in [0.1, 0.15) is 5.56 Å². The summed E-state index contributed by atoms with van der Waals surface area (Å²) < 4.78 is 0. The van der Waals surface area contributed by atoms with E-state index in [9.17, 15) is 0 Å². The Morgan fingerprint density at radius 3 is 2.42 bits per heavy atom. The molecular weight excluding hydrogens is 152 g/mol. The maximum atomic E-state index is 6.87. The Labute approximate surface area is 71.1 Å². The molecule has 12 heavy (non-hydrogen) atoms. The molecule has 0 spiro atoms. The Morgan fingerprint density at radius 1 is 1.33 bits per heavy atom. The van der Waals surface area contributed by atoms with E-state index in [1.165, 1.54) is 0 Å². The van der Waals surface area contributed by atoms with E-state index in [4.69, 9.17) is 16.9 Å². The zero-order chi connectivity index (χ0) is 8.97. The van der Waals surface area contributed by atoms with Crippen molar-refractivity contribution in [3.63, 3.8) is 0 Å². The lowest BCUT2D eigenvalue weighted by molar-refractivity contribution is 0.881. The normalized spacial score (nSPS) is 9.33. The number of nitrogens with one attached hydrogen (secondary N) is 1. The van der Waals surface area contributed by atoms with Gasteiger partial charge in [0.2, 0.25) is 5.96 Å². The van der Waals surface area contributed by atoms with Crippen LogP contribution in [0.4, 0.5) is 5.69 Å². The predicted molar refractivity (Wildman–Crippen MR) is 48.6 cm³/mol. The number of benzene rings is 1. The third kappa shape index (κ3) is 2.49. The van der Waals surface area contributed by atoms with Crippen molar-refractivity contribution in [2.75, 3.05) is 5.73 Å². The summed E-state index contributed by atoms with van der Waals surface area (Å²) in [7, 11) is 0. The number of nitrogens with two attached hydrogens (primary N) is 2. The molecule has 0 fully saturated rings. The summed E-state index contributed by atoms with van der Waals surface area (Å²) >= 11 is 0. The first-order chi connectivity index (χ1) is 5.68. The molecule has 1 radical (unpaired) electrons. The minimum Gasteiger partial charge on any atom is -0.399 e. The summed E-state index contributed by atoms with van der Waals surface area (Å²) in [5.41, 5.74) is 12.3. The quantitative estimate of drug-likeness (QED) is 0.332. The Bertz CT molecular complexity index is 265. The van der Waals surface area contributed by atoms with E-state index in [-0.39, 0.29) is 5.96 Å². The van der Waals surface area contributed by atoms with Gasteiger partial charge in [-0.15, -0.1) is 0 Å². The van der Waals surface area contributed by atoms with Crippen LogP contribution in [-0.2, 0) is 6.54 Å². The van der Waals surface area contributed by atoms with Crippen molar-refractivity contribution in [2.45, 2.75) is 6.54 Å². The van der Waals surface area contributed by atoms with Gasteiger partial charge in [0.1, 0.15) is 0 Å². The van der Waals surface area contributed by atoms with Crippen LogP contribution in [0, 0.1) is 5.41 Å². The molecule has 0 atom stereocenters. The van der Waals surface area contributed by atoms with Crippen LogP contribution in [0.5, 0.6) is 0 Å². The van der Waals surface area contributed by atoms with Crippen LogP contribution >= 0.6 is 0 Å². The van der Waals surface area contributed by atoms with Crippen LogP contribution in [0.25, 0.3) is 0 Å². The van der Waals surface area contributed by atoms with Crippen LogP contribution in [0.2, 0.25) is 0 Å². The highest BCUT2D eigenvalue weighted by atomic mass is 15.0. The summed E-state index contributed by atoms with van der Waals surface area (Å²) in [6.45, 7) is 0.440. The minimum absolute atomic E-state index is 0.146. The van der Waals surface area contributed by atoms with Gasteiger partial charge < -0.3 is 11.5 Å². The third-order valence-corrected chi connectivity index (χ3v) is 1.41. The zero-order valence-corrected chi connectivity index (χ0v) is 6.62. The van der Waals surface area contributed by atoms with E-state index in [0.717, 1.165) is 11.3 Å². The first kappa shape index (κ1) is 8.39. The fourth-order valence-corrected chi connectivity index (χ4v) is 0.800. The SMILES string of the molecule is N=C(N)[N]Cc1ccc(N)cc1. The van der Waals surface area contributed by atoms with Crippen molar-refractivity contribution >= 4 is 11.6 Å². The molecule has 0 aliphatic carbocycles. The topological polar surface area (TPSA) is 90.0 Å². The predicted octanol–water partition coefficient (Wildman–Crippen LogP) is 0.267. The molecule has 4 heteroatoms. The van der Waals surface area contributed by atoms with E-state index in [1.807, 2.05) is 12.1 Å². The molecule has 0 aliphatic heterocycles. The molecular formula is C8H11N4. The van der Waals surface area contributed by atoms with E-state index >= 15 is 0 Å². The third-order valence-electron chi connectivity index (χ3n) is 1.41. The molecule has 0 aliphatic rings. The second-order valence-electron chi connectivity index (χ2n) is 2.44. The molecule has 1 aromatic carbocycles. The summed E-state index contributed by atoms with van der Waals surface area (Å²) in [4.78, 5) is 0. The van der Waals surface area contributed by atoms with Gasteiger partial charge >= 0.3 is 0 Å². The molecule has 4 nitrogen and oxygen atoms in total. The molecule has 1 rings (SSSR count). The summed E-state index contributed by atoms with van der Waals surface area (Å²) in [5.74, 6) is -0.146. The van der Waals surface area contributed by atoms with Crippen molar-refractivity contribution in [1.82, 2.24) is 5.32 Å². The Kier molecular flexibility index (Phi) is 2.53. The van der Waals surface area contributed by atoms with Gasteiger partial charge in [0.05, 0.1) is 6.54 Å². The molecule has 1 aromatic rings. The fraction of sp³-hybridized carbons (Fsp3) is 0.125. The Morgan fingerprint density at radius 2 is 1.92 bits per heavy atom. The highest BCUT2D eigenvalue weighted by Gasteiger charge is 1.93. The van der Waals surface area contributed by atoms with Crippen molar-refractivity contribution in [3.8, 4) is 0 Å². The largest absolute Gasteiger partial charge is 0.399 e. The van der Waals surface area contributed by atoms with Crippen LogP contribution in [0.15, 0.2) is 24.3 Å². The van der Waals surface area contributed by atoms with Crippen molar-refractivity contribution in [1.29, 1.82) is 5.41 Å². The minimum atomic E-state index is -0.146. The molecule has 0 aromatic heterocycles. The van der Waals surface area contributed by atoms with Crippen molar-refractivity contribution < 1.29 is 0 Å². The number of guanidine groups is 1. The molecule has 5 N–H and O–H groups in total. The molecule has 0 saturated heterocycles. The number of nitrogens with zero attached hydrogens (tertiary/aromatic N) is 1. The number of nitrogen functional groups attached to an aromatic ring is 1. The van der Waals surface area contributed by atoms with E-state index < -0.39 is 0 Å². The van der Waals surface area contributed by atoms with Crippen LogP contribution < -0.4 is 16.8 Å². The fourth-order valence-electron chi connectivity index (χ4n) is 0.800. The monoisotopic (exact) mass is 163 g/mol. The molecule has 0 saturated carbocycles. The molecule has 0 amide bonds. The first-order valence-corrected chi connectivity index (χ1v) is 3.54. The average molecular weight is 163 g/mol. The Balaban J connectivity index is 2.53. The van der Waals surface area contributed by atoms with Gasteiger partial charge in [-0.05, 0) is 17.7 Å². The summed E-state index contributed by atoms with van der Waals surface area (Å²) in [5, 5.41) is 10.6. The highest BCUT2D eigenvalue weighted by Crippen LogP contribution is 2.04. The molecule has 0 heterocycles. The van der Waals surface area contributed by atoms with Gasteiger partial charge in [-0.1, -0.05) is 12.1 Å². The number of hydrogen-bond donors (Lipinski definition) is 3. The number of anilines is 1. The highest BCUT2D eigenvalue weighted by molar-refractivity contribution is 5.73. The number of rotatable bonds is 2. The summed E-state index contributed by atoms with van der Waals surface area (Å²) in [6, 6.07) is 7.32. The molecule has 0 bridgehead atoms. The standard InChI is InChI=1S/C8H11N4/c9-7-3-1-6(2-4-7)5-12-8(10)11/h1-4H,5,9H2,(H3,10,11). The Hall–Kier alpha value is -1.71. The summed E-state index contributed by atoms with van der Waals surface area (Å²) in [6.07, 6.45) is 0. The molecule has 0 unspecified atom stereocenters. The van der Waals surface area contributed by atoms with Gasteiger partial charge in [0, 0.05) is 5.69 Å². The average Bonchev–Trinajstić information content (AvgIpc) is 2.03. The maximum Gasteiger partial charge on any atom is 0.208 e. The van der Waals surface area contributed by atoms with Crippen molar-refractivity contribution in [3.05, 3.63) is 29.8 Å². The first-order valence-electron chi connectivity index (χ1n) is 3.54. The van der Waals surface area contributed by atoms with E-state index in [2.05, 4.69) is 5.32 Å². The zero-order valence-electron chi connectivity index (χ0n) is 6.62. The lowest BCUT2D eigenvalue weighted by atomic mass is 10.2. The van der Waals surface area contributed by atoms with E-state index in [1.54, 1.807) is 12.1 Å².